The minimum absolute atomic E-state index is 0.0834. The Hall–Kier alpha value is -3.20. The Balaban J connectivity index is 1.82. The minimum atomic E-state index is -1.10. The highest BCUT2D eigenvalue weighted by molar-refractivity contribution is 7.98. The van der Waals surface area contributed by atoms with E-state index >= 15 is 0 Å². The molecule has 3 rings (SSSR count). The molecule has 1 atom stereocenters. The number of imide groups is 1. The number of nitrogens with two attached hydrogens (primary N) is 1. The van der Waals surface area contributed by atoms with Crippen molar-refractivity contribution in [1.82, 2.24) is 9.88 Å². The maximum absolute atomic E-state index is 12.7. The monoisotopic (exact) mass is 398 g/mol. The summed E-state index contributed by atoms with van der Waals surface area (Å²) in [6, 6.07) is 10.4. The summed E-state index contributed by atoms with van der Waals surface area (Å²) in [7, 11) is 0. The summed E-state index contributed by atoms with van der Waals surface area (Å²) in [5.74, 6) is -1.41. The van der Waals surface area contributed by atoms with Crippen LogP contribution in [0.25, 0.3) is 0 Å². The molecule has 2 amide bonds. The quantitative estimate of drug-likeness (QED) is 0.248. The predicted octanol–water partition coefficient (Wildman–Crippen LogP) is 1.66. The smallest absolute Gasteiger partial charge is 0.357 e. The number of benzene rings is 1. The highest BCUT2D eigenvalue weighted by atomic mass is 32.2. The highest BCUT2D eigenvalue weighted by Crippen LogP contribution is 2.26. The van der Waals surface area contributed by atoms with Gasteiger partial charge >= 0.3 is 5.97 Å². The molecule has 1 aromatic heterocycles. The molecule has 2 aromatic rings. The zero-order valence-corrected chi connectivity index (χ0v) is 15.9. The van der Waals surface area contributed by atoms with E-state index in [1.165, 1.54) is 18.0 Å². The molecular weight excluding hydrogens is 380 g/mol. The zero-order chi connectivity index (χ0) is 20.1. The first-order chi connectivity index (χ1) is 13.5. The van der Waals surface area contributed by atoms with Gasteiger partial charge in [-0.2, -0.15) is 11.8 Å². The third-order valence-electron chi connectivity index (χ3n) is 4.17. The molecule has 9 heteroatoms. The Morgan fingerprint density at radius 2 is 1.82 bits per heavy atom. The fraction of sp³-hybridized carbons (Fsp3) is 0.211. The highest BCUT2D eigenvalue weighted by Gasteiger charge is 2.43. The van der Waals surface area contributed by atoms with E-state index in [1.54, 1.807) is 42.5 Å². The summed E-state index contributed by atoms with van der Waals surface area (Å²) in [6.45, 7) is 0. The Labute approximate surface area is 165 Å². The Kier molecular flexibility index (Phi) is 6.05. The van der Waals surface area contributed by atoms with Gasteiger partial charge in [0.25, 0.3) is 11.8 Å². The van der Waals surface area contributed by atoms with Crippen molar-refractivity contribution >= 4 is 35.4 Å². The minimum Gasteiger partial charge on any atom is -0.379 e. The molecule has 0 saturated carbocycles. The van der Waals surface area contributed by atoms with Gasteiger partial charge in [0.15, 0.2) is 5.84 Å². The van der Waals surface area contributed by atoms with Crippen LogP contribution in [-0.2, 0) is 9.63 Å². The lowest BCUT2D eigenvalue weighted by Gasteiger charge is -2.23. The number of amidine groups is 1. The Morgan fingerprint density at radius 1 is 1.18 bits per heavy atom. The van der Waals surface area contributed by atoms with E-state index < -0.39 is 23.8 Å². The molecule has 1 aliphatic heterocycles. The fourth-order valence-corrected chi connectivity index (χ4v) is 3.25. The van der Waals surface area contributed by atoms with Crippen molar-refractivity contribution in [3.05, 3.63) is 65.5 Å². The van der Waals surface area contributed by atoms with Crippen molar-refractivity contribution in [2.24, 2.45) is 10.9 Å². The molecule has 2 heterocycles. The van der Waals surface area contributed by atoms with Crippen LogP contribution in [0.1, 0.15) is 32.8 Å². The zero-order valence-electron chi connectivity index (χ0n) is 15.1. The molecule has 1 aromatic carbocycles. The molecule has 0 unspecified atom stereocenters. The van der Waals surface area contributed by atoms with E-state index in [2.05, 4.69) is 10.1 Å². The van der Waals surface area contributed by atoms with Gasteiger partial charge in [-0.3, -0.25) is 19.5 Å². The predicted molar refractivity (Wildman–Crippen MR) is 105 cm³/mol. The number of aromatic nitrogens is 1. The van der Waals surface area contributed by atoms with Crippen molar-refractivity contribution in [2.45, 2.75) is 12.5 Å². The second-order valence-electron chi connectivity index (χ2n) is 5.92. The number of carbonyl (C=O) groups excluding carboxylic acids is 3. The number of fused-ring (bicyclic) bond motifs is 1. The number of thioether (sulfide) groups is 1. The number of hydrogen-bond donors (Lipinski definition) is 1. The van der Waals surface area contributed by atoms with Crippen LogP contribution in [0, 0.1) is 0 Å². The van der Waals surface area contributed by atoms with Gasteiger partial charge < -0.3 is 10.6 Å². The van der Waals surface area contributed by atoms with Crippen LogP contribution in [0.5, 0.6) is 0 Å². The standard InChI is InChI=1S/C19H18N4O4S/c1-28-11-9-15(19(26)27-22-16(20)14-8-4-5-10-21-14)23-17(24)12-6-2-3-7-13(12)18(23)25/h2-8,10,15H,9,11H2,1H3,(H2,20,22)/t15-/m1/s1. The Bertz CT molecular complexity index is 898. The summed E-state index contributed by atoms with van der Waals surface area (Å²) < 4.78 is 0. The van der Waals surface area contributed by atoms with Crippen LogP contribution >= 0.6 is 11.8 Å². The molecular formula is C19H18N4O4S. The molecule has 0 radical (unpaired) electrons. The van der Waals surface area contributed by atoms with Gasteiger partial charge in [-0.25, -0.2) is 4.79 Å². The number of nitrogens with zero attached hydrogens (tertiary/aromatic N) is 3. The van der Waals surface area contributed by atoms with Crippen LogP contribution in [0.4, 0.5) is 0 Å². The van der Waals surface area contributed by atoms with E-state index in [9.17, 15) is 14.4 Å². The van der Waals surface area contributed by atoms with E-state index in [0.717, 1.165) is 4.90 Å². The maximum Gasteiger partial charge on any atom is 0.357 e. The largest absolute Gasteiger partial charge is 0.379 e. The average molecular weight is 398 g/mol. The molecule has 2 N–H and O–H groups in total. The number of amides is 2. The van der Waals surface area contributed by atoms with Gasteiger partial charge in [-0.05, 0) is 42.7 Å². The number of hydrogen-bond acceptors (Lipinski definition) is 7. The van der Waals surface area contributed by atoms with E-state index in [1.807, 2.05) is 6.26 Å². The second kappa shape index (κ2) is 8.66. The maximum atomic E-state index is 12.7. The normalized spacial score (nSPS) is 14.8. The van der Waals surface area contributed by atoms with Gasteiger partial charge in [0.1, 0.15) is 11.7 Å². The third-order valence-corrected chi connectivity index (χ3v) is 4.81. The first kappa shape index (κ1) is 19.6. The van der Waals surface area contributed by atoms with Crippen molar-refractivity contribution in [3.63, 3.8) is 0 Å². The van der Waals surface area contributed by atoms with Crippen LogP contribution in [0.2, 0.25) is 0 Å². The summed E-state index contributed by atoms with van der Waals surface area (Å²) in [5.41, 5.74) is 6.66. The van der Waals surface area contributed by atoms with Crippen molar-refractivity contribution < 1.29 is 19.2 Å². The number of rotatable bonds is 7. The second-order valence-corrected chi connectivity index (χ2v) is 6.91. The van der Waals surface area contributed by atoms with Gasteiger partial charge in [0.05, 0.1) is 11.1 Å². The van der Waals surface area contributed by atoms with E-state index in [0.29, 0.717) is 11.4 Å². The van der Waals surface area contributed by atoms with Crippen LogP contribution in [0.3, 0.4) is 0 Å². The summed E-state index contributed by atoms with van der Waals surface area (Å²) in [6.07, 6.45) is 3.63. The van der Waals surface area contributed by atoms with Crippen molar-refractivity contribution in [1.29, 1.82) is 0 Å². The van der Waals surface area contributed by atoms with Crippen LogP contribution < -0.4 is 5.73 Å². The van der Waals surface area contributed by atoms with Gasteiger partial charge in [-0.15, -0.1) is 0 Å². The lowest BCUT2D eigenvalue weighted by Crippen LogP contribution is -2.45. The molecule has 0 saturated heterocycles. The van der Waals surface area contributed by atoms with Gasteiger partial charge in [-0.1, -0.05) is 23.4 Å². The van der Waals surface area contributed by atoms with Crippen LogP contribution in [0.15, 0.2) is 53.8 Å². The molecule has 0 aliphatic carbocycles. The van der Waals surface area contributed by atoms with Crippen molar-refractivity contribution in [2.75, 3.05) is 12.0 Å². The first-order valence-corrected chi connectivity index (χ1v) is 9.85. The molecule has 0 spiro atoms. The van der Waals surface area contributed by atoms with E-state index in [-0.39, 0.29) is 23.4 Å². The third kappa shape index (κ3) is 3.89. The fourth-order valence-electron chi connectivity index (χ4n) is 2.79. The van der Waals surface area contributed by atoms with Crippen molar-refractivity contribution in [3.8, 4) is 0 Å². The average Bonchev–Trinajstić information content (AvgIpc) is 2.98. The number of oxime groups is 1. The summed E-state index contributed by atoms with van der Waals surface area (Å²) >= 11 is 1.49. The van der Waals surface area contributed by atoms with Crippen LogP contribution in [-0.4, -0.2) is 51.6 Å². The van der Waals surface area contributed by atoms with E-state index in [4.69, 9.17) is 10.6 Å². The Morgan fingerprint density at radius 3 is 2.39 bits per heavy atom. The molecule has 1 aliphatic rings. The van der Waals surface area contributed by atoms with Gasteiger partial charge in [0, 0.05) is 6.20 Å². The topological polar surface area (TPSA) is 115 Å². The lowest BCUT2D eigenvalue weighted by molar-refractivity contribution is -0.148. The van der Waals surface area contributed by atoms with Gasteiger partial charge in [0.2, 0.25) is 0 Å². The first-order valence-electron chi connectivity index (χ1n) is 8.46. The molecule has 0 fully saturated rings. The molecule has 0 bridgehead atoms. The number of carbonyl (C=O) groups is 3. The summed E-state index contributed by atoms with van der Waals surface area (Å²) in [4.78, 5) is 47.9. The molecule has 144 valence electrons. The lowest BCUT2D eigenvalue weighted by atomic mass is 10.1. The molecule has 28 heavy (non-hydrogen) atoms. The molecule has 8 nitrogen and oxygen atoms in total. The number of pyridine rings is 1. The summed E-state index contributed by atoms with van der Waals surface area (Å²) in [5, 5.41) is 3.62. The SMILES string of the molecule is CSCC[C@H](C(=O)O/N=C(/N)c1ccccn1)N1C(=O)c2ccccc2C1=O.